The minimum atomic E-state index is -3.95. The van der Waals surface area contributed by atoms with Crippen LogP contribution >= 0.6 is 0 Å². The summed E-state index contributed by atoms with van der Waals surface area (Å²) < 4.78 is 25.8. The lowest BCUT2D eigenvalue weighted by Crippen LogP contribution is -2.34. The molecule has 0 saturated carbocycles. The van der Waals surface area contributed by atoms with Gasteiger partial charge in [0.15, 0.2) is 4.90 Å². The fourth-order valence-electron chi connectivity index (χ4n) is 2.07. The van der Waals surface area contributed by atoms with Crippen molar-refractivity contribution in [2.45, 2.75) is 23.8 Å². The molecule has 0 spiro atoms. The molecule has 0 aliphatic carbocycles. The third-order valence-electron chi connectivity index (χ3n) is 3.10. The maximum Gasteiger partial charge on any atom is 0.289 e. The Morgan fingerprint density at radius 3 is 2.58 bits per heavy atom. The molecule has 1 unspecified atom stereocenters. The van der Waals surface area contributed by atoms with Crippen molar-refractivity contribution in [3.05, 3.63) is 34.4 Å². The summed E-state index contributed by atoms with van der Waals surface area (Å²) in [6, 6.07) is 5.22. The third-order valence-corrected chi connectivity index (χ3v) is 4.99. The molecule has 0 amide bonds. The quantitative estimate of drug-likeness (QED) is 0.652. The SMILES string of the molecule is CC1(O)CCN(S(=O)(=O)c2ccccc2[N+](=O)[O-])C1. The lowest BCUT2D eigenvalue weighted by atomic mass is 10.1. The van der Waals surface area contributed by atoms with Crippen LogP contribution in [0.1, 0.15) is 13.3 Å². The second-order valence-electron chi connectivity index (χ2n) is 4.81. The lowest BCUT2D eigenvalue weighted by Gasteiger charge is -2.18. The zero-order valence-corrected chi connectivity index (χ0v) is 11.1. The zero-order chi connectivity index (χ0) is 14.3. The van der Waals surface area contributed by atoms with Crippen molar-refractivity contribution in [1.29, 1.82) is 0 Å². The molecule has 1 saturated heterocycles. The van der Waals surface area contributed by atoms with Crippen LogP contribution in [0.25, 0.3) is 0 Å². The molecule has 1 aromatic rings. The van der Waals surface area contributed by atoms with Crippen LogP contribution in [0.15, 0.2) is 29.2 Å². The molecule has 0 aromatic heterocycles. The van der Waals surface area contributed by atoms with E-state index in [0.29, 0.717) is 6.42 Å². The van der Waals surface area contributed by atoms with E-state index >= 15 is 0 Å². The molecule has 0 radical (unpaired) electrons. The first-order chi connectivity index (χ1) is 8.74. The summed E-state index contributed by atoms with van der Waals surface area (Å²) in [6.45, 7) is 1.64. The maximum atomic E-state index is 12.4. The van der Waals surface area contributed by atoms with Gasteiger partial charge in [-0.1, -0.05) is 12.1 Å². The number of sulfonamides is 1. The van der Waals surface area contributed by atoms with E-state index in [-0.39, 0.29) is 18.0 Å². The number of nitro benzene ring substituents is 1. The monoisotopic (exact) mass is 286 g/mol. The molecular formula is C11H14N2O5S. The van der Waals surface area contributed by atoms with E-state index in [4.69, 9.17) is 0 Å². The van der Waals surface area contributed by atoms with Gasteiger partial charge in [-0.25, -0.2) is 8.42 Å². The second-order valence-corrected chi connectivity index (χ2v) is 6.72. The highest BCUT2D eigenvalue weighted by Crippen LogP contribution is 2.31. The van der Waals surface area contributed by atoms with Crippen LogP contribution in [0.4, 0.5) is 5.69 Å². The van der Waals surface area contributed by atoms with Crippen LogP contribution < -0.4 is 0 Å². The summed E-state index contributed by atoms with van der Waals surface area (Å²) in [6.07, 6.45) is 0.312. The van der Waals surface area contributed by atoms with Crippen LogP contribution in [0.2, 0.25) is 0 Å². The number of hydrogen-bond donors (Lipinski definition) is 1. The molecule has 1 fully saturated rings. The van der Waals surface area contributed by atoms with Gasteiger partial charge in [0.2, 0.25) is 10.0 Å². The Balaban J connectivity index is 2.44. The van der Waals surface area contributed by atoms with Crippen molar-refractivity contribution in [2.24, 2.45) is 0 Å². The van der Waals surface area contributed by atoms with Crippen LogP contribution in [0.3, 0.4) is 0 Å². The molecule has 7 nitrogen and oxygen atoms in total. The number of benzene rings is 1. The van der Waals surface area contributed by atoms with E-state index in [1.54, 1.807) is 6.92 Å². The van der Waals surface area contributed by atoms with Crippen LogP contribution in [-0.4, -0.2) is 41.4 Å². The average Bonchev–Trinajstić information content (AvgIpc) is 2.70. The largest absolute Gasteiger partial charge is 0.389 e. The first-order valence-electron chi connectivity index (χ1n) is 5.70. The molecule has 0 bridgehead atoms. The number of β-amino-alcohol motifs (C(OH)–C–C–N with tert-alkyl or cyclic N) is 1. The Morgan fingerprint density at radius 2 is 2.05 bits per heavy atom. The number of para-hydroxylation sites is 1. The molecule has 2 rings (SSSR count). The highest BCUT2D eigenvalue weighted by atomic mass is 32.2. The van der Waals surface area contributed by atoms with E-state index in [1.807, 2.05) is 0 Å². The molecule has 104 valence electrons. The van der Waals surface area contributed by atoms with Crippen molar-refractivity contribution >= 4 is 15.7 Å². The van der Waals surface area contributed by atoms with Gasteiger partial charge in [-0.15, -0.1) is 0 Å². The highest BCUT2D eigenvalue weighted by molar-refractivity contribution is 7.89. The van der Waals surface area contributed by atoms with Gasteiger partial charge in [-0.05, 0) is 19.4 Å². The first kappa shape index (κ1) is 13.9. The predicted molar refractivity (Wildman–Crippen MR) is 67.1 cm³/mol. The van der Waals surface area contributed by atoms with Crippen molar-refractivity contribution in [3.63, 3.8) is 0 Å². The number of nitro groups is 1. The summed E-state index contributed by atoms with van der Waals surface area (Å²) in [7, 11) is -3.95. The van der Waals surface area contributed by atoms with Crippen molar-refractivity contribution in [3.8, 4) is 0 Å². The van der Waals surface area contributed by atoms with Gasteiger partial charge in [0.1, 0.15) is 0 Å². The van der Waals surface area contributed by atoms with Crippen molar-refractivity contribution in [2.75, 3.05) is 13.1 Å². The number of nitrogens with zero attached hydrogens (tertiary/aromatic N) is 2. The minimum absolute atomic E-state index is 0.0542. The molecule has 1 atom stereocenters. The highest BCUT2D eigenvalue weighted by Gasteiger charge is 2.40. The molecule has 8 heteroatoms. The molecule has 19 heavy (non-hydrogen) atoms. The third kappa shape index (κ3) is 2.60. The summed E-state index contributed by atoms with van der Waals surface area (Å²) in [5, 5.41) is 20.7. The van der Waals surface area contributed by atoms with Gasteiger partial charge in [-0.2, -0.15) is 4.31 Å². The topological polar surface area (TPSA) is 101 Å². The minimum Gasteiger partial charge on any atom is -0.389 e. The Kier molecular flexibility index (Phi) is 3.33. The predicted octanol–water partition coefficient (Wildman–Crippen LogP) is 0.740. The van der Waals surface area contributed by atoms with Gasteiger partial charge < -0.3 is 5.11 Å². The van der Waals surface area contributed by atoms with Crippen molar-refractivity contribution < 1.29 is 18.4 Å². The van der Waals surface area contributed by atoms with Crippen LogP contribution in [0, 0.1) is 10.1 Å². The standard InChI is InChI=1S/C11H14N2O5S/c1-11(14)6-7-12(8-11)19(17,18)10-5-3-2-4-9(10)13(15)16/h2-5,14H,6-8H2,1H3. The summed E-state index contributed by atoms with van der Waals surface area (Å²) in [5.74, 6) is 0. The Labute approximate surface area is 110 Å². The maximum absolute atomic E-state index is 12.4. The second kappa shape index (κ2) is 4.55. The molecule has 1 aliphatic rings. The molecular weight excluding hydrogens is 272 g/mol. The Bertz CT molecular complexity index is 611. The van der Waals surface area contributed by atoms with E-state index in [0.717, 1.165) is 10.4 Å². The number of rotatable bonds is 3. The summed E-state index contributed by atoms with van der Waals surface area (Å²) in [4.78, 5) is 9.83. The summed E-state index contributed by atoms with van der Waals surface area (Å²) in [5.41, 5.74) is -1.54. The van der Waals surface area contributed by atoms with Gasteiger partial charge in [-0.3, -0.25) is 10.1 Å². The van der Waals surface area contributed by atoms with E-state index in [1.165, 1.54) is 18.2 Å². The lowest BCUT2D eigenvalue weighted by molar-refractivity contribution is -0.387. The van der Waals surface area contributed by atoms with E-state index in [2.05, 4.69) is 0 Å². The van der Waals surface area contributed by atoms with Gasteiger partial charge in [0, 0.05) is 19.2 Å². The Morgan fingerprint density at radius 1 is 1.42 bits per heavy atom. The first-order valence-corrected chi connectivity index (χ1v) is 7.14. The van der Waals surface area contributed by atoms with Crippen molar-refractivity contribution in [1.82, 2.24) is 4.31 Å². The van der Waals surface area contributed by atoms with Crippen LogP contribution in [0.5, 0.6) is 0 Å². The van der Waals surface area contributed by atoms with Crippen LogP contribution in [-0.2, 0) is 10.0 Å². The van der Waals surface area contributed by atoms with Gasteiger partial charge in [0.25, 0.3) is 5.69 Å². The van der Waals surface area contributed by atoms with E-state index in [9.17, 15) is 23.6 Å². The fraction of sp³-hybridized carbons (Fsp3) is 0.455. The number of hydrogen-bond acceptors (Lipinski definition) is 5. The van der Waals surface area contributed by atoms with Gasteiger partial charge >= 0.3 is 0 Å². The molecule has 1 N–H and O–H groups in total. The zero-order valence-electron chi connectivity index (χ0n) is 10.3. The molecule has 1 heterocycles. The smallest absolute Gasteiger partial charge is 0.289 e. The van der Waals surface area contributed by atoms with E-state index < -0.39 is 26.2 Å². The average molecular weight is 286 g/mol. The van der Waals surface area contributed by atoms with Gasteiger partial charge in [0.05, 0.1) is 10.5 Å². The normalized spacial score (nSPS) is 24.5. The fourth-order valence-corrected chi connectivity index (χ4v) is 3.79. The summed E-state index contributed by atoms with van der Waals surface area (Å²) >= 11 is 0. The molecule has 1 aliphatic heterocycles. The molecule has 1 aromatic carbocycles. The Hall–Kier alpha value is -1.51. The number of aliphatic hydroxyl groups is 1.